The van der Waals surface area contributed by atoms with E-state index in [2.05, 4.69) is 0 Å². The lowest BCUT2D eigenvalue weighted by Crippen LogP contribution is -2.50. The van der Waals surface area contributed by atoms with Gasteiger partial charge in [0, 0.05) is 18.9 Å². The first kappa shape index (κ1) is 13.2. The first-order valence-corrected chi connectivity index (χ1v) is 7.18. The average molecular weight is 273 g/mol. The van der Waals surface area contributed by atoms with E-state index in [1.165, 1.54) is 0 Å². The molecule has 1 amide bonds. The van der Waals surface area contributed by atoms with E-state index in [0.717, 1.165) is 24.0 Å². The third kappa shape index (κ3) is 2.30. The van der Waals surface area contributed by atoms with Crippen LogP contribution in [0.5, 0.6) is 0 Å². The van der Waals surface area contributed by atoms with Crippen LogP contribution in [0.3, 0.4) is 0 Å². The molecule has 20 heavy (non-hydrogen) atoms. The number of carboxylic acid groups (broad SMARTS) is 1. The van der Waals surface area contributed by atoms with Crippen LogP contribution in [0.1, 0.15) is 30.9 Å². The van der Waals surface area contributed by atoms with Crippen LogP contribution in [0.2, 0.25) is 0 Å². The van der Waals surface area contributed by atoms with Crippen LogP contribution in [0.15, 0.2) is 24.3 Å². The Balaban J connectivity index is 1.87. The van der Waals surface area contributed by atoms with Gasteiger partial charge in [0.2, 0.25) is 5.91 Å². The highest BCUT2D eigenvalue weighted by Gasteiger charge is 2.40. The highest BCUT2D eigenvalue weighted by molar-refractivity contribution is 5.86. The molecule has 1 saturated carbocycles. The molecule has 0 bridgehead atoms. The summed E-state index contributed by atoms with van der Waals surface area (Å²) in [6.07, 6.45) is 2.60. The summed E-state index contributed by atoms with van der Waals surface area (Å²) in [4.78, 5) is 25.6. The number of hydrogen-bond acceptors (Lipinski definition) is 2. The summed E-state index contributed by atoms with van der Waals surface area (Å²) in [5.41, 5.74) is 2.12. The van der Waals surface area contributed by atoms with Crippen LogP contribution in [0.25, 0.3) is 0 Å². The van der Waals surface area contributed by atoms with Crippen LogP contribution >= 0.6 is 0 Å². The van der Waals surface area contributed by atoms with Crippen LogP contribution in [0.4, 0.5) is 0 Å². The minimum atomic E-state index is -0.907. The van der Waals surface area contributed by atoms with Crippen molar-refractivity contribution in [2.45, 2.75) is 38.8 Å². The van der Waals surface area contributed by atoms with E-state index in [-0.39, 0.29) is 11.8 Å². The van der Waals surface area contributed by atoms with E-state index in [1.807, 2.05) is 31.2 Å². The average Bonchev–Trinajstić information content (AvgIpc) is 3.28. The second kappa shape index (κ2) is 4.93. The van der Waals surface area contributed by atoms with Gasteiger partial charge >= 0.3 is 5.97 Å². The topological polar surface area (TPSA) is 57.6 Å². The third-order valence-corrected chi connectivity index (χ3v) is 4.54. The lowest BCUT2D eigenvalue weighted by atomic mass is 9.92. The van der Waals surface area contributed by atoms with Crippen molar-refractivity contribution in [2.24, 2.45) is 11.8 Å². The number of rotatable bonds is 3. The SMILES string of the molecule is CC(C(=O)N1Cc2ccccc2CC1C(=O)O)C1CC1. The summed E-state index contributed by atoms with van der Waals surface area (Å²) in [5.74, 6) is -0.513. The molecule has 4 heteroatoms. The van der Waals surface area contributed by atoms with Crippen LogP contribution in [0, 0.1) is 11.8 Å². The van der Waals surface area contributed by atoms with E-state index in [9.17, 15) is 14.7 Å². The Hall–Kier alpha value is -1.84. The first-order chi connectivity index (χ1) is 9.58. The minimum absolute atomic E-state index is 0.00518. The number of nitrogens with zero attached hydrogens (tertiary/aromatic N) is 1. The molecule has 1 fully saturated rings. The molecule has 1 heterocycles. The van der Waals surface area contributed by atoms with Gasteiger partial charge in [0.05, 0.1) is 0 Å². The second-order valence-corrected chi connectivity index (χ2v) is 5.92. The summed E-state index contributed by atoms with van der Waals surface area (Å²) >= 11 is 0. The molecule has 106 valence electrons. The lowest BCUT2D eigenvalue weighted by molar-refractivity contribution is -0.153. The van der Waals surface area contributed by atoms with Crippen molar-refractivity contribution in [2.75, 3.05) is 0 Å². The molecular weight excluding hydrogens is 254 g/mol. The van der Waals surface area contributed by atoms with Gasteiger partial charge in [-0.2, -0.15) is 0 Å². The van der Waals surface area contributed by atoms with Gasteiger partial charge in [0.1, 0.15) is 6.04 Å². The van der Waals surface area contributed by atoms with Gasteiger partial charge in [-0.05, 0) is 29.9 Å². The molecule has 1 aromatic carbocycles. The highest BCUT2D eigenvalue weighted by Crippen LogP contribution is 2.38. The van der Waals surface area contributed by atoms with Gasteiger partial charge in [0.15, 0.2) is 0 Å². The molecule has 1 aliphatic heterocycles. The molecular formula is C16H19NO3. The smallest absolute Gasteiger partial charge is 0.326 e. The maximum absolute atomic E-state index is 12.6. The summed E-state index contributed by atoms with van der Waals surface area (Å²) in [6.45, 7) is 2.35. The van der Waals surface area contributed by atoms with E-state index in [4.69, 9.17) is 0 Å². The molecule has 0 spiro atoms. The van der Waals surface area contributed by atoms with Crippen molar-refractivity contribution in [3.63, 3.8) is 0 Å². The zero-order valence-corrected chi connectivity index (χ0v) is 11.6. The Kier molecular flexibility index (Phi) is 3.24. The molecule has 2 unspecified atom stereocenters. The molecule has 2 aliphatic rings. The fraction of sp³-hybridized carbons (Fsp3) is 0.500. The van der Waals surface area contributed by atoms with Gasteiger partial charge in [-0.25, -0.2) is 4.79 Å². The largest absolute Gasteiger partial charge is 0.480 e. The number of fused-ring (bicyclic) bond motifs is 1. The van der Waals surface area contributed by atoms with Crippen LogP contribution in [-0.4, -0.2) is 27.9 Å². The molecule has 0 aromatic heterocycles. The van der Waals surface area contributed by atoms with Crippen molar-refractivity contribution in [3.8, 4) is 0 Å². The Morgan fingerprint density at radius 1 is 1.25 bits per heavy atom. The molecule has 1 aliphatic carbocycles. The van der Waals surface area contributed by atoms with E-state index < -0.39 is 12.0 Å². The fourth-order valence-corrected chi connectivity index (χ4v) is 3.03. The Labute approximate surface area is 118 Å². The van der Waals surface area contributed by atoms with Crippen molar-refractivity contribution in [3.05, 3.63) is 35.4 Å². The Morgan fingerprint density at radius 2 is 1.90 bits per heavy atom. The summed E-state index contributed by atoms with van der Waals surface area (Å²) in [6, 6.07) is 7.07. The summed E-state index contributed by atoms with van der Waals surface area (Å²) in [5, 5.41) is 9.43. The third-order valence-electron chi connectivity index (χ3n) is 4.54. The molecule has 4 nitrogen and oxygen atoms in total. The van der Waals surface area contributed by atoms with Gasteiger partial charge < -0.3 is 10.0 Å². The quantitative estimate of drug-likeness (QED) is 0.917. The van der Waals surface area contributed by atoms with Gasteiger partial charge in [-0.3, -0.25) is 4.79 Å². The first-order valence-electron chi connectivity index (χ1n) is 7.18. The number of hydrogen-bond donors (Lipinski definition) is 1. The molecule has 0 saturated heterocycles. The zero-order valence-electron chi connectivity index (χ0n) is 11.6. The van der Waals surface area contributed by atoms with Crippen molar-refractivity contribution >= 4 is 11.9 Å². The van der Waals surface area contributed by atoms with E-state index in [0.29, 0.717) is 18.9 Å². The van der Waals surface area contributed by atoms with Gasteiger partial charge in [-0.1, -0.05) is 31.2 Å². The Bertz CT molecular complexity index is 550. The van der Waals surface area contributed by atoms with Crippen molar-refractivity contribution < 1.29 is 14.7 Å². The predicted molar refractivity (Wildman–Crippen MR) is 74.0 cm³/mol. The number of aliphatic carboxylic acids is 1. The summed E-state index contributed by atoms with van der Waals surface area (Å²) < 4.78 is 0. The van der Waals surface area contributed by atoms with Crippen molar-refractivity contribution in [1.82, 2.24) is 4.90 Å². The molecule has 2 atom stereocenters. The maximum Gasteiger partial charge on any atom is 0.326 e. The molecule has 0 radical (unpaired) electrons. The monoisotopic (exact) mass is 273 g/mol. The minimum Gasteiger partial charge on any atom is -0.480 e. The van der Waals surface area contributed by atoms with Crippen LogP contribution in [-0.2, 0) is 22.6 Å². The number of carboxylic acids is 1. The molecule has 1 aromatic rings. The lowest BCUT2D eigenvalue weighted by Gasteiger charge is -2.36. The summed E-state index contributed by atoms with van der Waals surface area (Å²) in [7, 11) is 0. The van der Waals surface area contributed by atoms with Gasteiger partial charge in [0.25, 0.3) is 0 Å². The number of carbonyl (C=O) groups excluding carboxylic acids is 1. The second-order valence-electron chi connectivity index (χ2n) is 5.92. The Morgan fingerprint density at radius 3 is 2.50 bits per heavy atom. The maximum atomic E-state index is 12.6. The van der Waals surface area contributed by atoms with Crippen molar-refractivity contribution in [1.29, 1.82) is 0 Å². The number of benzene rings is 1. The zero-order chi connectivity index (χ0) is 14.3. The molecule has 3 rings (SSSR count). The normalized spacial score (nSPS) is 23.1. The number of carbonyl (C=O) groups is 2. The van der Waals surface area contributed by atoms with E-state index in [1.54, 1.807) is 4.90 Å². The fourth-order valence-electron chi connectivity index (χ4n) is 3.03. The predicted octanol–water partition coefficient (Wildman–Crippen LogP) is 2.07. The standard InChI is InChI=1S/C16H19NO3/c1-10(11-6-7-11)15(18)17-9-13-5-3-2-4-12(13)8-14(17)16(19)20/h2-5,10-11,14H,6-9H2,1H3,(H,19,20). The number of amides is 1. The van der Waals surface area contributed by atoms with E-state index >= 15 is 0 Å². The van der Waals surface area contributed by atoms with Gasteiger partial charge in [-0.15, -0.1) is 0 Å². The highest BCUT2D eigenvalue weighted by atomic mass is 16.4. The van der Waals surface area contributed by atoms with Crippen LogP contribution < -0.4 is 0 Å². The molecule has 1 N–H and O–H groups in total.